The molecule has 0 atom stereocenters. The maximum absolute atomic E-state index is 5.47. The van der Waals surface area contributed by atoms with Crippen LogP contribution in [0, 0.1) is 0 Å². The predicted molar refractivity (Wildman–Crippen MR) is 51.9 cm³/mol. The normalized spacial score (nSPS) is 10.8. The highest BCUT2D eigenvalue weighted by Crippen LogP contribution is 2.06. The molecule has 0 aliphatic carbocycles. The molecule has 74 valence electrons. The molecule has 1 aromatic heterocycles. The van der Waals surface area contributed by atoms with Gasteiger partial charge in [0.15, 0.2) is 5.75 Å². The molecule has 0 N–H and O–H groups in total. The Morgan fingerprint density at radius 3 is 2.85 bits per heavy atom. The molecule has 0 amide bonds. The standard InChI is InChI=1S/C9H17N3O/c1-11(2)5-4-6-13-9-7-10-12(3)8-9/h7-8H,4-6H2,1-3H3. The average molecular weight is 183 g/mol. The van der Waals surface area contributed by atoms with Gasteiger partial charge in [-0.05, 0) is 20.5 Å². The molecule has 13 heavy (non-hydrogen) atoms. The van der Waals surface area contributed by atoms with E-state index in [4.69, 9.17) is 4.74 Å². The summed E-state index contributed by atoms with van der Waals surface area (Å²) in [6.07, 6.45) is 4.65. The quantitative estimate of drug-likeness (QED) is 0.631. The summed E-state index contributed by atoms with van der Waals surface area (Å²) in [4.78, 5) is 2.15. The molecule has 0 radical (unpaired) electrons. The Morgan fingerprint density at radius 2 is 2.31 bits per heavy atom. The van der Waals surface area contributed by atoms with E-state index >= 15 is 0 Å². The zero-order valence-electron chi connectivity index (χ0n) is 8.53. The highest BCUT2D eigenvalue weighted by Gasteiger charge is 1.96. The lowest BCUT2D eigenvalue weighted by Crippen LogP contribution is -2.15. The summed E-state index contributed by atoms with van der Waals surface area (Å²) < 4.78 is 7.20. The molecular formula is C9H17N3O. The minimum Gasteiger partial charge on any atom is -0.490 e. The summed E-state index contributed by atoms with van der Waals surface area (Å²) in [6.45, 7) is 1.81. The molecule has 0 saturated heterocycles. The van der Waals surface area contributed by atoms with Crippen molar-refractivity contribution >= 4 is 0 Å². The van der Waals surface area contributed by atoms with E-state index in [9.17, 15) is 0 Å². The molecule has 0 spiro atoms. The SMILES string of the molecule is CN(C)CCCOc1cnn(C)c1. The van der Waals surface area contributed by atoms with Gasteiger partial charge in [-0.15, -0.1) is 0 Å². The van der Waals surface area contributed by atoms with Gasteiger partial charge in [-0.3, -0.25) is 4.68 Å². The topological polar surface area (TPSA) is 30.3 Å². The fourth-order valence-corrected chi connectivity index (χ4v) is 1.04. The van der Waals surface area contributed by atoms with Crippen LogP contribution in [0.2, 0.25) is 0 Å². The van der Waals surface area contributed by atoms with Crippen LogP contribution in [0.1, 0.15) is 6.42 Å². The maximum Gasteiger partial charge on any atom is 0.157 e. The largest absolute Gasteiger partial charge is 0.490 e. The monoisotopic (exact) mass is 183 g/mol. The van der Waals surface area contributed by atoms with Crippen LogP contribution in [0.15, 0.2) is 12.4 Å². The third kappa shape index (κ3) is 3.94. The Bertz CT molecular complexity index is 245. The first-order valence-corrected chi connectivity index (χ1v) is 4.44. The van der Waals surface area contributed by atoms with Crippen molar-refractivity contribution < 1.29 is 4.74 Å². The number of aromatic nitrogens is 2. The highest BCUT2D eigenvalue weighted by atomic mass is 16.5. The van der Waals surface area contributed by atoms with Crippen molar-refractivity contribution in [1.82, 2.24) is 14.7 Å². The molecule has 4 heteroatoms. The molecule has 0 bridgehead atoms. The van der Waals surface area contributed by atoms with Crippen LogP contribution in [0.25, 0.3) is 0 Å². The molecule has 1 aromatic rings. The van der Waals surface area contributed by atoms with Crippen molar-refractivity contribution in [1.29, 1.82) is 0 Å². The molecule has 0 fully saturated rings. The van der Waals surface area contributed by atoms with E-state index in [0.29, 0.717) is 0 Å². The lowest BCUT2D eigenvalue weighted by atomic mass is 10.4. The zero-order chi connectivity index (χ0) is 9.68. The fourth-order valence-electron chi connectivity index (χ4n) is 1.04. The number of nitrogens with zero attached hydrogens (tertiary/aromatic N) is 3. The summed E-state index contributed by atoms with van der Waals surface area (Å²) in [6, 6.07) is 0. The van der Waals surface area contributed by atoms with E-state index in [-0.39, 0.29) is 0 Å². The van der Waals surface area contributed by atoms with Gasteiger partial charge in [0, 0.05) is 13.6 Å². The predicted octanol–water partition coefficient (Wildman–Crippen LogP) is 0.751. The van der Waals surface area contributed by atoms with Crippen LogP contribution in [-0.2, 0) is 7.05 Å². The smallest absolute Gasteiger partial charge is 0.157 e. The van der Waals surface area contributed by atoms with E-state index < -0.39 is 0 Å². The van der Waals surface area contributed by atoms with Crippen LogP contribution in [0.5, 0.6) is 5.75 Å². The summed E-state index contributed by atoms with van der Waals surface area (Å²) in [5, 5.41) is 4.01. The molecular weight excluding hydrogens is 166 g/mol. The summed E-state index contributed by atoms with van der Waals surface area (Å²) >= 11 is 0. The fraction of sp³-hybridized carbons (Fsp3) is 0.667. The molecule has 0 saturated carbocycles. The van der Waals surface area contributed by atoms with Gasteiger partial charge < -0.3 is 9.64 Å². The van der Waals surface area contributed by atoms with Crippen LogP contribution in [-0.4, -0.2) is 41.9 Å². The highest BCUT2D eigenvalue weighted by molar-refractivity contribution is 5.10. The van der Waals surface area contributed by atoms with Gasteiger partial charge in [-0.25, -0.2) is 0 Å². The third-order valence-corrected chi connectivity index (χ3v) is 1.70. The van der Waals surface area contributed by atoms with Crippen molar-refractivity contribution in [2.75, 3.05) is 27.2 Å². The van der Waals surface area contributed by atoms with E-state index in [0.717, 1.165) is 25.3 Å². The van der Waals surface area contributed by atoms with Crippen LogP contribution in [0.4, 0.5) is 0 Å². The van der Waals surface area contributed by atoms with E-state index in [1.54, 1.807) is 10.9 Å². The number of aryl methyl sites for hydroxylation is 1. The first-order chi connectivity index (χ1) is 6.18. The molecule has 0 aliphatic heterocycles. The van der Waals surface area contributed by atoms with Gasteiger partial charge in [0.1, 0.15) is 0 Å². The molecule has 4 nitrogen and oxygen atoms in total. The molecule has 1 heterocycles. The van der Waals surface area contributed by atoms with Gasteiger partial charge in [-0.1, -0.05) is 0 Å². The first kappa shape index (κ1) is 10.1. The minimum atomic E-state index is 0.754. The van der Waals surface area contributed by atoms with Gasteiger partial charge in [-0.2, -0.15) is 5.10 Å². The molecule has 1 rings (SSSR count). The summed E-state index contributed by atoms with van der Waals surface area (Å²) in [5.41, 5.74) is 0. The molecule has 0 unspecified atom stereocenters. The van der Waals surface area contributed by atoms with E-state index in [1.807, 2.05) is 13.2 Å². The number of ether oxygens (including phenoxy) is 1. The van der Waals surface area contributed by atoms with Gasteiger partial charge in [0.05, 0.1) is 19.0 Å². The van der Waals surface area contributed by atoms with Gasteiger partial charge in [0.25, 0.3) is 0 Å². The lowest BCUT2D eigenvalue weighted by Gasteiger charge is -2.08. The van der Waals surface area contributed by atoms with Crippen LogP contribution >= 0.6 is 0 Å². The van der Waals surface area contributed by atoms with E-state index in [2.05, 4.69) is 24.1 Å². The zero-order valence-corrected chi connectivity index (χ0v) is 8.53. The number of rotatable bonds is 5. The van der Waals surface area contributed by atoms with Crippen molar-refractivity contribution in [3.05, 3.63) is 12.4 Å². The minimum absolute atomic E-state index is 0.754. The Hall–Kier alpha value is -1.03. The van der Waals surface area contributed by atoms with Crippen molar-refractivity contribution in [2.45, 2.75) is 6.42 Å². The van der Waals surface area contributed by atoms with Crippen molar-refractivity contribution in [2.24, 2.45) is 7.05 Å². The molecule has 0 aliphatic rings. The second kappa shape index (κ2) is 4.87. The Labute approximate surface area is 79.1 Å². The van der Waals surface area contributed by atoms with Crippen molar-refractivity contribution in [3.8, 4) is 5.75 Å². The van der Waals surface area contributed by atoms with Gasteiger partial charge >= 0.3 is 0 Å². The third-order valence-electron chi connectivity index (χ3n) is 1.70. The second-order valence-corrected chi connectivity index (χ2v) is 3.35. The van der Waals surface area contributed by atoms with Crippen LogP contribution < -0.4 is 4.74 Å². The Morgan fingerprint density at radius 1 is 1.54 bits per heavy atom. The van der Waals surface area contributed by atoms with Crippen molar-refractivity contribution in [3.63, 3.8) is 0 Å². The molecule has 0 aromatic carbocycles. The Kier molecular flexibility index (Phi) is 3.76. The Balaban J connectivity index is 2.13. The van der Waals surface area contributed by atoms with Crippen LogP contribution in [0.3, 0.4) is 0 Å². The number of hydrogen-bond acceptors (Lipinski definition) is 3. The first-order valence-electron chi connectivity index (χ1n) is 4.44. The summed E-state index contributed by atoms with van der Waals surface area (Å²) in [7, 11) is 6.00. The lowest BCUT2D eigenvalue weighted by molar-refractivity contribution is 0.281. The summed E-state index contributed by atoms with van der Waals surface area (Å²) in [5.74, 6) is 0.848. The maximum atomic E-state index is 5.47. The second-order valence-electron chi connectivity index (χ2n) is 3.35. The van der Waals surface area contributed by atoms with E-state index in [1.165, 1.54) is 0 Å². The van der Waals surface area contributed by atoms with Gasteiger partial charge in [0.2, 0.25) is 0 Å². The average Bonchev–Trinajstić information content (AvgIpc) is 2.45. The number of hydrogen-bond donors (Lipinski definition) is 0.